The molecular formula is C25H24ClN5O4S2. The first-order chi connectivity index (χ1) is 17.8. The number of halogens is 1. The fourth-order valence-electron chi connectivity index (χ4n) is 3.37. The number of anilines is 3. The maximum atomic E-state index is 13.4. The second-order valence-corrected chi connectivity index (χ2v) is 10.8. The SMILES string of the molecule is COc1ccc(Cl)c(Nc2nc3ccccc3nc2NS(=O)(=O)c2cccc(C(=O)NCCSC)c2)c1. The van der Waals surface area contributed by atoms with Gasteiger partial charge in [0, 0.05) is 23.9 Å². The summed E-state index contributed by atoms with van der Waals surface area (Å²) in [5.74, 6) is 1.05. The maximum Gasteiger partial charge on any atom is 0.263 e. The third-order valence-electron chi connectivity index (χ3n) is 5.23. The Labute approximate surface area is 224 Å². The number of fused-ring (bicyclic) bond motifs is 1. The number of para-hydroxylation sites is 2. The van der Waals surface area contributed by atoms with Gasteiger partial charge in [-0.15, -0.1) is 0 Å². The van der Waals surface area contributed by atoms with Gasteiger partial charge in [-0.2, -0.15) is 11.8 Å². The molecule has 3 N–H and O–H groups in total. The van der Waals surface area contributed by atoms with Crippen molar-refractivity contribution in [3.8, 4) is 5.75 Å². The number of sulfonamides is 1. The number of methoxy groups -OCH3 is 1. The van der Waals surface area contributed by atoms with E-state index >= 15 is 0 Å². The second kappa shape index (κ2) is 11.7. The van der Waals surface area contributed by atoms with E-state index < -0.39 is 10.0 Å². The van der Waals surface area contributed by atoms with E-state index in [0.29, 0.717) is 34.0 Å². The zero-order valence-corrected chi connectivity index (χ0v) is 22.4. The van der Waals surface area contributed by atoms with Crippen molar-refractivity contribution in [2.24, 2.45) is 0 Å². The molecule has 192 valence electrons. The van der Waals surface area contributed by atoms with Crippen LogP contribution in [0.3, 0.4) is 0 Å². The zero-order chi connectivity index (χ0) is 26.4. The lowest BCUT2D eigenvalue weighted by Crippen LogP contribution is -2.26. The minimum atomic E-state index is -4.14. The van der Waals surface area contributed by atoms with Crippen LogP contribution < -0.4 is 20.1 Å². The number of thioether (sulfide) groups is 1. The Balaban J connectivity index is 1.70. The van der Waals surface area contributed by atoms with Gasteiger partial charge in [0.15, 0.2) is 11.6 Å². The van der Waals surface area contributed by atoms with Crippen molar-refractivity contribution in [1.29, 1.82) is 0 Å². The Hall–Kier alpha value is -3.54. The van der Waals surface area contributed by atoms with E-state index in [2.05, 4.69) is 25.3 Å². The van der Waals surface area contributed by atoms with Gasteiger partial charge in [-0.05, 0) is 48.7 Å². The highest BCUT2D eigenvalue weighted by Gasteiger charge is 2.21. The number of hydrogen-bond acceptors (Lipinski definition) is 8. The van der Waals surface area contributed by atoms with E-state index in [9.17, 15) is 13.2 Å². The van der Waals surface area contributed by atoms with E-state index in [0.717, 1.165) is 5.75 Å². The van der Waals surface area contributed by atoms with Crippen LogP contribution in [0.5, 0.6) is 5.75 Å². The third kappa shape index (κ3) is 6.43. The lowest BCUT2D eigenvalue weighted by atomic mass is 10.2. The van der Waals surface area contributed by atoms with E-state index in [-0.39, 0.29) is 28.0 Å². The van der Waals surface area contributed by atoms with Crippen LogP contribution in [-0.4, -0.2) is 50.0 Å². The Bertz CT molecular complexity index is 1550. The monoisotopic (exact) mass is 557 g/mol. The number of hydrogen-bond donors (Lipinski definition) is 3. The van der Waals surface area contributed by atoms with Gasteiger partial charge < -0.3 is 15.4 Å². The van der Waals surface area contributed by atoms with Gasteiger partial charge in [-0.1, -0.05) is 29.8 Å². The van der Waals surface area contributed by atoms with E-state index in [1.807, 2.05) is 6.26 Å². The van der Waals surface area contributed by atoms with Crippen LogP contribution in [0.15, 0.2) is 71.6 Å². The molecule has 4 rings (SSSR count). The molecule has 0 radical (unpaired) electrons. The Morgan fingerprint density at radius 3 is 2.43 bits per heavy atom. The number of nitrogens with one attached hydrogen (secondary N) is 3. The van der Waals surface area contributed by atoms with Crippen molar-refractivity contribution in [2.75, 3.05) is 35.7 Å². The van der Waals surface area contributed by atoms with Crippen molar-refractivity contribution in [3.05, 3.63) is 77.3 Å². The summed E-state index contributed by atoms with van der Waals surface area (Å²) in [6, 6.07) is 17.9. The standard InChI is InChI=1S/C25H24ClN5O4S2/c1-35-17-10-11-19(26)22(15-17)30-23-24(29-21-9-4-3-8-20(21)28-23)31-37(33,34)18-7-5-6-16(14-18)25(32)27-12-13-36-2/h3-11,14-15H,12-13H2,1-2H3,(H,27,32)(H,28,30)(H,29,31). The lowest BCUT2D eigenvalue weighted by molar-refractivity contribution is 0.0956. The molecule has 0 spiro atoms. The fourth-order valence-corrected chi connectivity index (χ4v) is 4.90. The predicted molar refractivity (Wildman–Crippen MR) is 149 cm³/mol. The quantitative estimate of drug-likeness (QED) is 0.235. The van der Waals surface area contributed by atoms with Gasteiger partial charge in [0.1, 0.15) is 5.75 Å². The Morgan fingerprint density at radius 2 is 1.73 bits per heavy atom. The van der Waals surface area contributed by atoms with Gasteiger partial charge >= 0.3 is 0 Å². The Kier molecular flexibility index (Phi) is 8.37. The number of carbonyl (C=O) groups excluding carboxylic acids is 1. The molecule has 1 heterocycles. The largest absolute Gasteiger partial charge is 0.497 e. The topological polar surface area (TPSA) is 122 Å². The lowest BCUT2D eigenvalue weighted by Gasteiger charge is -2.15. The average Bonchev–Trinajstić information content (AvgIpc) is 2.90. The molecule has 3 aromatic carbocycles. The van der Waals surface area contributed by atoms with E-state index in [1.54, 1.807) is 60.3 Å². The molecule has 0 saturated heterocycles. The number of rotatable bonds is 10. The van der Waals surface area contributed by atoms with Crippen molar-refractivity contribution in [3.63, 3.8) is 0 Å². The van der Waals surface area contributed by atoms with Crippen LogP contribution in [0, 0.1) is 0 Å². The molecule has 4 aromatic rings. The summed E-state index contributed by atoms with van der Waals surface area (Å²) in [6.45, 7) is 0.476. The number of carbonyl (C=O) groups is 1. The molecule has 12 heteroatoms. The van der Waals surface area contributed by atoms with E-state index in [4.69, 9.17) is 16.3 Å². The normalized spacial score (nSPS) is 11.2. The molecular weight excluding hydrogens is 534 g/mol. The van der Waals surface area contributed by atoms with Crippen molar-refractivity contribution >= 4 is 67.6 Å². The molecule has 0 atom stereocenters. The Morgan fingerprint density at radius 1 is 1.00 bits per heavy atom. The van der Waals surface area contributed by atoms with Gasteiger partial charge in [0.25, 0.3) is 15.9 Å². The summed E-state index contributed by atoms with van der Waals surface area (Å²) in [5, 5.41) is 6.21. The number of amides is 1. The highest BCUT2D eigenvalue weighted by molar-refractivity contribution is 7.98. The van der Waals surface area contributed by atoms with Gasteiger partial charge in [-0.25, -0.2) is 18.4 Å². The number of aromatic nitrogens is 2. The van der Waals surface area contributed by atoms with Gasteiger partial charge in [0.05, 0.1) is 33.7 Å². The molecule has 37 heavy (non-hydrogen) atoms. The highest BCUT2D eigenvalue weighted by atomic mass is 35.5. The minimum Gasteiger partial charge on any atom is -0.497 e. The first kappa shape index (κ1) is 26.5. The predicted octanol–water partition coefficient (Wildman–Crippen LogP) is 4.93. The second-order valence-electron chi connectivity index (χ2n) is 7.76. The van der Waals surface area contributed by atoms with Crippen LogP contribution in [0.2, 0.25) is 5.02 Å². The number of nitrogens with zero attached hydrogens (tertiary/aromatic N) is 2. The minimum absolute atomic E-state index is 0.0348. The zero-order valence-electron chi connectivity index (χ0n) is 20.0. The summed E-state index contributed by atoms with van der Waals surface area (Å²) in [5.41, 5.74) is 1.73. The third-order valence-corrected chi connectivity index (χ3v) is 7.51. The summed E-state index contributed by atoms with van der Waals surface area (Å²) in [7, 11) is -2.61. The van der Waals surface area contributed by atoms with E-state index in [1.165, 1.54) is 25.3 Å². The van der Waals surface area contributed by atoms with Gasteiger partial charge in [0.2, 0.25) is 0 Å². The van der Waals surface area contributed by atoms with Crippen LogP contribution in [0.4, 0.5) is 17.3 Å². The molecule has 1 aromatic heterocycles. The highest BCUT2D eigenvalue weighted by Crippen LogP contribution is 2.32. The van der Waals surface area contributed by atoms with Crippen LogP contribution in [0.1, 0.15) is 10.4 Å². The smallest absolute Gasteiger partial charge is 0.263 e. The molecule has 0 saturated carbocycles. The molecule has 9 nitrogen and oxygen atoms in total. The van der Waals surface area contributed by atoms with Crippen LogP contribution in [0.25, 0.3) is 11.0 Å². The summed E-state index contributed by atoms with van der Waals surface area (Å²) >= 11 is 7.95. The molecule has 0 bridgehead atoms. The molecule has 0 fully saturated rings. The first-order valence-corrected chi connectivity index (χ1v) is 14.3. The molecule has 0 unspecified atom stereocenters. The van der Waals surface area contributed by atoms with Crippen molar-refractivity contribution in [2.45, 2.75) is 4.90 Å². The summed E-state index contributed by atoms with van der Waals surface area (Å²) < 4.78 is 34.5. The molecule has 1 amide bonds. The van der Waals surface area contributed by atoms with Crippen molar-refractivity contribution < 1.29 is 17.9 Å². The summed E-state index contributed by atoms with van der Waals surface area (Å²) in [6.07, 6.45) is 1.94. The number of ether oxygens (including phenoxy) is 1. The molecule has 0 aliphatic rings. The number of benzene rings is 3. The maximum absolute atomic E-state index is 13.4. The van der Waals surface area contributed by atoms with Crippen LogP contribution >= 0.6 is 23.4 Å². The fraction of sp³-hybridized carbons (Fsp3) is 0.160. The molecule has 0 aliphatic carbocycles. The van der Waals surface area contributed by atoms with Crippen molar-refractivity contribution in [1.82, 2.24) is 15.3 Å². The average molecular weight is 558 g/mol. The summed E-state index contributed by atoms with van der Waals surface area (Å²) in [4.78, 5) is 21.4. The first-order valence-electron chi connectivity index (χ1n) is 11.1. The van der Waals surface area contributed by atoms with Gasteiger partial charge in [-0.3, -0.25) is 9.52 Å². The van der Waals surface area contributed by atoms with Crippen LogP contribution in [-0.2, 0) is 10.0 Å². The molecule has 0 aliphatic heterocycles.